The van der Waals surface area contributed by atoms with E-state index in [9.17, 15) is 0 Å². The van der Waals surface area contributed by atoms with E-state index in [1.807, 2.05) is 36.4 Å². The number of hydrogen-bond donors (Lipinski definition) is 2. The first-order chi connectivity index (χ1) is 9.35. The highest BCUT2D eigenvalue weighted by Crippen LogP contribution is 2.13. The molecule has 0 atom stereocenters. The molecule has 1 heterocycles. The zero-order chi connectivity index (χ0) is 13.1. The predicted octanol–water partition coefficient (Wildman–Crippen LogP) is 3.05. The van der Waals surface area contributed by atoms with Gasteiger partial charge in [0.1, 0.15) is 5.82 Å². The van der Waals surface area contributed by atoms with Crippen LogP contribution in [0.1, 0.15) is 11.4 Å². The number of aromatic amines is 1. The van der Waals surface area contributed by atoms with Crippen molar-refractivity contribution in [1.82, 2.24) is 9.97 Å². The Morgan fingerprint density at radius 1 is 1.11 bits per heavy atom. The number of hydrogen-bond acceptors (Lipinski definition) is 3. The molecule has 0 spiro atoms. The van der Waals surface area contributed by atoms with Gasteiger partial charge in [0.15, 0.2) is 0 Å². The molecule has 19 heavy (non-hydrogen) atoms. The third-order valence-electron chi connectivity index (χ3n) is 2.91. The number of rotatable bonds is 3. The number of benzene rings is 2. The largest absolute Gasteiger partial charge is 0.378 e. The van der Waals surface area contributed by atoms with Crippen LogP contribution in [0.5, 0.6) is 0 Å². The molecule has 0 aliphatic rings. The Labute approximate surface area is 110 Å². The smallest absolute Gasteiger partial charge is 0.126 e. The van der Waals surface area contributed by atoms with Gasteiger partial charge in [-0.2, -0.15) is 5.26 Å². The van der Waals surface area contributed by atoms with Crippen LogP contribution in [-0.2, 0) is 6.54 Å². The van der Waals surface area contributed by atoms with Crippen molar-refractivity contribution in [3.63, 3.8) is 0 Å². The maximum absolute atomic E-state index is 8.73. The Morgan fingerprint density at radius 2 is 1.89 bits per heavy atom. The number of nitrogens with one attached hydrogen (secondary N) is 2. The summed E-state index contributed by atoms with van der Waals surface area (Å²) in [5, 5.41) is 12.0. The Bertz CT molecular complexity index is 702. The van der Waals surface area contributed by atoms with Crippen molar-refractivity contribution in [1.29, 1.82) is 5.26 Å². The summed E-state index contributed by atoms with van der Waals surface area (Å²) >= 11 is 0. The van der Waals surface area contributed by atoms with Gasteiger partial charge in [0.2, 0.25) is 0 Å². The van der Waals surface area contributed by atoms with Gasteiger partial charge in [-0.3, -0.25) is 0 Å². The lowest BCUT2D eigenvalue weighted by atomic mass is 10.2. The SMILES string of the molecule is N#Cc1ccc(NCc2nc3ccccc3[nH]2)cc1. The summed E-state index contributed by atoms with van der Waals surface area (Å²) in [7, 11) is 0. The molecule has 0 aliphatic carbocycles. The topological polar surface area (TPSA) is 64.5 Å². The first kappa shape index (κ1) is 11.3. The minimum absolute atomic E-state index is 0.626. The standard InChI is InChI=1S/C15H12N4/c16-9-11-5-7-12(8-6-11)17-10-15-18-13-3-1-2-4-14(13)19-15/h1-8,17H,10H2,(H,18,19). The number of anilines is 1. The maximum Gasteiger partial charge on any atom is 0.126 e. The summed E-state index contributed by atoms with van der Waals surface area (Å²) < 4.78 is 0. The lowest BCUT2D eigenvalue weighted by Crippen LogP contribution is -2.00. The predicted molar refractivity (Wildman–Crippen MR) is 74.6 cm³/mol. The second kappa shape index (κ2) is 4.83. The zero-order valence-electron chi connectivity index (χ0n) is 10.2. The van der Waals surface area contributed by atoms with Crippen LogP contribution in [0.3, 0.4) is 0 Å². The van der Waals surface area contributed by atoms with Crippen molar-refractivity contribution >= 4 is 16.7 Å². The molecule has 92 valence electrons. The lowest BCUT2D eigenvalue weighted by molar-refractivity contribution is 1.01. The third-order valence-corrected chi connectivity index (χ3v) is 2.91. The second-order valence-electron chi connectivity index (χ2n) is 4.24. The zero-order valence-corrected chi connectivity index (χ0v) is 10.2. The van der Waals surface area contributed by atoms with Gasteiger partial charge in [-0.15, -0.1) is 0 Å². The fourth-order valence-electron chi connectivity index (χ4n) is 1.94. The van der Waals surface area contributed by atoms with E-state index in [1.54, 1.807) is 12.1 Å². The maximum atomic E-state index is 8.73. The highest BCUT2D eigenvalue weighted by atomic mass is 15.0. The molecule has 4 nitrogen and oxygen atoms in total. The van der Waals surface area contributed by atoms with E-state index in [2.05, 4.69) is 21.4 Å². The van der Waals surface area contributed by atoms with E-state index >= 15 is 0 Å². The Hall–Kier alpha value is -2.80. The summed E-state index contributed by atoms with van der Waals surface area (Å²) in [6.07, 6.45) is 0. The molecule has 0 amide bonds. The molecule has 0 aliphatic heterocycles. The average molecular weight is 248 g/mol. The average Bonchev–Trinajstić information content (AvgIpc) is 2.88. The molecular weight excluding hydrogens is 236 g/mol. The minimum Gasteiger partial charge on any atom is -0.378 e. The summed E-state index contributed by atoms with van der Waals surface area (Å²) in [4.78, 5) is 7.75. The van der Waals surface area contributed by atoms with Crippen molar-refractivity contribution in [2.24, 2.45) is 0 Å². The van der Waals surface area contributed by atoms with Crippen LogP contribution < -0.4 is 5.32 Å². The van der Waals surface area contributed by atoms with Crippen LogP contribution in [0.2, 0.25) is 0 Å². The molecule has 0 bridgehead atoms. The molecule has 0 saturated heterocycles. The summed E-state index contributed by atoms with van der Waals surface area (Å²) in [5.41, 5.74) is 3.65. The van der Waals surface area contributed by atoms with Gasteiger partial charge in [-0.1, -0.05) is 12.1 Å². The molecule has 4 heteroatoms. The fourth-order valence-corrected chi connectivity index (χ4v) is 1.94. The van der Waals surface area contributed by atoms with E-state index in [1.165, 1.54) is 0 Å². The molecule has 1 aromatic heterocycles. The van der Waals surface area contributed by atoms with Gasteiger partial charge in [-0.05, 0) is 36.4 Å². The van der Waals surface area contributed by atoms with Crippen molar-refractivity contribution in [2.75, 3.05) is 5.32 Å². The number of aromatic nitrogens is 2. The van der Waals surface area contributed by atoms with Gasteiger partial charge in [0.25, 0.3) is 0 Å². The fraction of sp³-hybridized carbons (Fsp3) is 0.0667. The lowest BCUT2D eigenvalue weighted by Gasteiger charge is -2.03. The van der Waals surface area contributed by atoms with E-state index in [-0.39, 0.29) is 0 Å². The van der Waals surface area contributed by atoms with Gasteiger partial charge in [-0.25, -0.2) is 4.98 Å². The van der Waals surface area contributed by atoms with E-state index in [4.69, 9.17) is 5.26 Å². The highest BCUT2D eigenvalue weighted by molar-refractivity contribution is 5.74. The molecule has 0 saturated carbocycles. The van der Waals surface area contributed by atoms with E-state index in [0.29, 0.717) is 12.1 Å². The first-order valence-corrected chi connectivity index (χ1v) is 6.03. The van der Waals surface area contributed by atoms with Gasteiger partial charge in [0, 0.05) is 5.69 Å². The number of imidazole rings is 1. The number of para-hydroxylation sites is 2. The summed E-state index contributed by atoms with van der Waals surface area (Å²) in [6, 6.07) is 17.4. The number of nitrogens with zero attached hydrogens (tertiary/aromatic N) is 2. The molecular formula is C15H12N4. The summed E-state index contributed by atoms with van der Waals surface area (Å²) in [5.74, 6) is 0.894. The summed E-state index contributed by atoms with van der Waals surface area (Å²) in [6.45, 7) is 0.626. The van der Waals surface area contributed by atoms with Crippen LogP contribution in [0.25, 0.3) is 11.0 Å². The van der Waals surface area contributed by atoms with Crippen LogP contribution in [0, 0.1) is 11.3 Å². The van der Waals surface area contributed by atoms with Crippen LogP contribution in [0.15, 0.2) is 48.5 Å². The second-order valence-corrected chi connectivity index (χ2v) is 4.24. The van der Waals surface area contributed by atoms with Crippen molar-refractivity contribution < 1.29 is 0 Å². The molecule has 3 rings (SSSR count). The Morgan fingerprint density at radius 3 is 2.63 bits per heavy atom. The number of H-pyrrole nitrogens is 1. The van der Waals surface area contributed by atoms with E-state index < -0.39 is 0 Å². The van der Waals surface area contributed by atoms with Crippen LogP contribution in [-0.4, -0.2) is 9.97 Å². The Balaban J connectivity index is 1.73. The van der Waals surface area contributed by atoms with Crippen molar-refractivity contribution in [3.8, 4) is 6.07 Å². The number of fused-ring (bicyclic) bond motifs is 1. The minimum atomic E-state index is 0.626. The van der Waals surface area contributed by atoms with Crippen molar-refractivity contribution in [2.45, 2.75) is 6.54 Å². The number of nitriles is 1. The molecule has 0 radical (unpaired) electrons. The molecule has 2 aromatic carbocycles. The highest BCUT2D eigenvalue weighted by Gasteiger charge is 2.01. The first-order valence-electron chi connectivity index (χ1n) is 6.03. The van der Waals surface area contributed by atoms with Gasteiger partial charge >= 0.3 is 0 Å². The molecule has 0 unspecified atom stereocenters. The van der Waals surface area contributed by atoms with Gasteiger partial charge < -0.3 is 10.3 Å². The van der Waals surface area contributed by atoms with E-state index in [0.717, 1.165) is 22.5 Å². The molecule has 2 N–H and O–H groups in total. The third kappa shape index (κ3) is 2.40. The van der Waals surface area contributed by atoms with Gasteiger partial charge in [0.05, 0.1) is 29.2 Å². The van der Waals surface area contributed by atoms with Crippen LogP contribution in [0.4, 0.5) is 5.69 Å². The molecule has 0 fully saturated rings. The Kier molecular flexibility index (Phi) is 2.87. The monoisotopic (exact) mass is 248 g/mol. The molecule has 3 aromatic rings. The van der Waals surface area contributed by atoms with Crippen molar-refractivity contribution in [3.05, 3.63) is 59.9 Å². The van der Waals surface area contributed by atoms with Crippen LogP contribution >= 0.6 is 0 Å². The normalized spacial score (nSPS) is 10.3. The quantitative estimate of drug-likeness (QED) is 0.748.